The minimum atomic E-state index is -3.10. The second kappa shape index (κ2) is 5.60. The van der Waals surface area contributed by atoms with Crippen LogP contribution in [-0.2, 0) is 6.50 Å². The third-order valence-corrected chi connectivity index (χ3v) is 4.06. The van der Waals surface area contributed by atoms with E-state index in [0.29, 0.717) is 0 Å². The molecule has 0 saturated carbocycles. The molecule has 4 rings (SSSR count). The molecular formula is C18H13ClFN3O2. The highest BCUT2D eigenvalue weighted by Crippen LogP contribution is 2.28. The molecule has 0 unspecified atom stereocenters. The molecule has 0 saturated heterocycles. The van der Waals surface area contributed by atoms with Crippen molar-refractivity contribution in [3.8, 4) is 5.69 Å². The second-order valence-corrected chi connectivity index (χ2v) is 5.75. The first kappa shape index (κ1) is 10.2. The van der Waals surface area contributed by atoms with Crippen LogP contribution in [0.25, 0.3) is 5.69 Å². The van der Waals surface area contributed by atoms with E-state index in [1.54, 1.807) is 0 Å². The zero-order chi connectivity index (χ0) is 22.9. The molecule has 25 heavy (non-hydrogen) atoms. The highest BCUT2D eigenvalue weighted by Gasteiger charge is 2.33. The van der Waals surface area contributed by atoms with E-state index in [2.05, 4.69) is 0 Å². The van der Waals surface area contributed by atoms with Crippen molar-refractivity contribution in [2.75, 3.05) is 0 Å². The van der Waals surface area contributed by atoms with Crippen LogP contribution in [0.15, 0.2) is 48.6 Å². The molecule has 2 aromatic carbocycles. The molecule has 0 radical (unpaired) electrons. The molecule has 3 aromatic rings. The summed E-state index contributed by atoms with van der Waals surface area (Å²) in [6.07, 6.45) is -1.05. The van der Waals surface area contributed by atoms with E-state index in [0.717, 1.165) is 10.6 Å². The Morgan fingerprint density at radius 1 is 1.28 bits per heavy atom. The molecule has 1 aliphatic rings. The van der Waals surface area contributed by atoms with Gasteiger partial charge in [-0.1, -0.05) is 23.7 Å². The molecule has 0 fully saturated rings. The van der Waals surface area contributed by atoms with Crippen molar-refractivity contribution < 1.29 is 22.1 Å². The molecule has 0 bridgehead atoms. The highest BCUT2D eigenvalue weighted by molar-refractivity contribution is 6.31. The second-order valence-electron chi connectivity index (χ2n) is 5.31. The van der Waals surface area contributed by atoms with Gasteiger partial charge in [0.2, 0.25) is 17.9 Å². The van der Waals surface area contributed by atoms with Crippen molar-refractivity contribution in [2.24, 2.45) is 0 Å². The van der Waals surface area contributed by atoms with E-state index in [1.165, 1.54) is 36.4 Å². The van der Waals surface area contributed by atoms with Gasteiger partial charge in [0.25, 0.3) is 5.82 Å². The number of halogens is 2. The number of hydroxylamine groups is 1. The van der Waals surface area contributed by atoms with Gasteiger partial charge in [-0.05, 0) is 30.3 Å². The largest absolute Gasteiger partial charge is 0.711 e. The third-order valence-electron chi connectivity index (χ3n) is 3.83. The van der Waals surface area contributed by atoms with E-state index < -0.39 is 42.6 Å². The average Bonchev–Trinajstić information content (AvgIpc) is 2.91. The standard InChI is InChI=1S/C18H13ClFN3O2/c1-11-21(24)9-13-10-22(25)18(14-4-2-3-5-16(14)20)15-8-12(19)6-7-17(15)23(11)13/h2-9H,10H2,1H3/i1D3,9D,10D2. The lowest BCUT2D eigenvalue weighted by Gasteiger charge is -2.11. The van der Waals surface area contributed by atoms with Crippen LogP contribution in [0, 0.1) is 23.1 Å². The fraction of sp³-hybridized carbons (Fsp3) is 0.111. The Kier molecular flexibility index (Phi) is 2.28. The molecule has 7 heteroatoms. The summed E-state index contributed by atoms with van der Waals surface area (Å²) < 4.78 is 63.2. The lowest BCUT2D eigenvalue weighted by Crippen LogP contribution is -2.28. The van der Waals surface area contributed by atoms with Crippen LogP contribution in [0.5, 0.6) is 0 Å². The van der Waals surface area contributed by atoms with Crippen LogP contribution < -0.4 is 4.73 Å². The normalized spacial score (nSPS) is 19.4. The smallest absolute Gasteiger partial charge is 0.261 e. The summed E-state index contributed by atoms with van der Waals surface area (Å²) in [5.41, 5.74) is -1.71. The minimum Gasteiger partial charge on any atom is -0.711 e. The molecule has 5 nitrogen and oxygen atoms in total. The van der Waals surface area contributed by atoms with Gasteiger partial charge in [-0.3, -0.25) is 0 Å². The van der Waals surface area contributed by atoms with Gasteiger partial charge in [-0.2, -0.15) is 9.31 Å². The maximum atomic E-state index is 14.7. The van der Waals surface area contributed by atoms with Gasteiger partial charge in [0.1, 0.15) is 21.8 Å². The lowest BCUT2D eigenvalue weighted by molar-refractivity contribution is -0.612. The molecule has 0 aliphatic carbocycles. The van der Waals surface area contributed by atoms with Crippen molar-refractivity contribution in [3.05, 3.63) is 92.5 Å². The van der Waals surface area contributed by atoms with Gasteiger partial charge in [0.05, 0.1) is 11.1 Å². The van der Waals surface area contributed by atoms with Crippen LogP contribution in [0.3, 0.4) is 0 Å². The zero-order valence-corrected chi connectivity index (χ0v) is 13.2. The van der Waals surface area contributed by atoms with Crippen LogP contribution in [0.2, 0.25) is 5.02 Å². The summed E-state index contributed by atoms with van der Waals surface area (Å²) in [7, 11) is 0. The fourth-order valence-electron chi connectivity index (χ4n) is 2.77. The van der Waals surface area contributed by atoms with Gasteiger partial charge in [0, 0.05) is 16.0 Å². The minimum absolute atomic E-state index is 0.101. The van der Waals surface area contributed by atoms with Crippen molar-refractivity contribution in [1.82, 2.24) is 4.57 Å². The first-order valence-electron chi connectivity index (χ1n) is 10.1. The molecule has 0 N–H and O–H groups in total. The van der Waals surface area contributed by atoms with Gasteiger partial charge in [-0.15, -0.1) is 0 Å². The number of benzene rings is 2. The number of imidazole rings is 1. The fourth-order valence-corrected chi connectivity index (χ4v) is 2.94. The molecule has 2 heterocycles. The van der Waals surface area contributed by atoms with Crippen molar-refractivity contribution >= 4 is 17.3 Å². The Morgan fingerprint density at radius 2 is 2.08 bits per heavy atom. The number of hydrogen-bond donors (Lipinski definition) is 0. The number of rotatable bonds is 1. The Balaban J connectivity index is 2.26. The molecule has 0 atom stereocenters. The summed E-state index contributed by atoms with van der Waals surface area (Å²) in [6, 6.07) is 9.05. The SMILES string of the molecule is [2H]c1c2n(c(C([2H])([2H])[2H])[n+]1[O-])-c1ccc(Cl)cc1C(c1ccccc1F)=[N+]([O-])C2([2H])[2H]. The first-order chi connectivity index (χ1) is 14.4. The number of hydrogen-bond acceptors (Lipinski definition) is 2. The van der Waals surface area contributed by atoms with Gasteiger partial charge in [0.15, 0.2) is 0 Å². The summed E-state index contributed by atoms with van der Waals surface area (Å²) in [4.78, 5) is 0. The van der Waals surface area contributed by atoms with Gasteiger partial charge in [-0.25, -0.2) is 9.12 Å². The maximum absolute atomic E-state index is 14.7. The topological polar surface area (TPSA) is 57.9 Å². The molecule has 1 aromatic heterocycles. The van der Waals surface area contributed by atoms with Crippen LogP contribution in [0.4, 0.5) is 4.39 Å². The number of fused-ring (bicyclic) bond motifs is 3. The van der Waals surface area contributed by atoms with Crippen LogP contribution in [0.1, 0.15) is 30.9 Å². The van der Waals surface area contributed by atoms with Gasteiger partial charge >= 0.3 is 0 Å². The van der Waals surface area contributed by atoms with Crippen LogP contribution >= 0.6 is 11.6 Å². The molecule has 1 aliphatic heterocycles. The Bertz CT molecular complexity index is 1270. The van der Waals surface area contributed by atoms with Crippen molar-refractivity contribution in [1.29, 1.82) is 0 Å². The molecule has 0 amide bonds. The summed E-state index contributed by atoms with van der Waals surface area (Å²) >= 11 is 6.09. The van der Waals surface area contributed by atoms with E-state index in [-0.39, 0.29) is 31.3 Å². The van der Waals surface area contributed by atoms with Crippen LogP contribution in [-0.4, -0.2) is 15.0 Å². The maximum Gasteiger partial charge on any atom is 0.261 e. The Labute approximate surface area is 156 Å². The molecule has 0 spiro atoms. The Hall–Kier alpha value is -2.86. The lowest BCUT2D eigenvalue weighted by atomic mass is 10.00. The zero-order valence-electron chi connectivity index (χ0n) is 18.5. The molecular weight excluding hydrogens is 345 g/mol. The molecule has 126 valence electrons. The Morgan fingerprint density at radius 3 is 2.84 bits per heavy atom. The predicted octanol–water partition coefficient (Wildman–Crippen LogP) is 3.07. The number of nitrogens with zero attached hydrogens (tertiary/aromatic N) is 3. The van der Waals surface area contributed by atoms with E-state index in [9.17, 15) is 14.8 Å². The quantitative estimate of drug-likeness (QED) is 0.493. The summed E-state index contributed by atoms with van der Waals surface area (Å²) in [5, 5.41) is 26.0. The summed E-state index contributed by atoms with van der Waals surface area (Å²) in [6.45, 7) is -6.16. The first-order valence-corrected chi connectivity index (χ1v) is 7.50. The van der Waals surface area contributed by atoms with Crippen molar-refractivity contribution in [3.63, 3.8) is 0 Å². The average molecular weight is 364 g/mol. The third kappa shape index (κ3) is 2.37. The number of aromatic nitrogens is 2. The van der Waals surface area contributed by atoms with E-state index in [1.807, 2.05) is 0 Å². The highest BCUT2D eigenvalue weighted by atomic mass is 35.5. The van der Waals surface area contributed by atoms with Crippen molar-refractivity contribution in [2.45, 2.75) is 13.3 Å². The monoisotopic (exact) mass is 363 g/mol. The summed E-state index contributed by atoms with van der Waals surface area (Å²) in [5.74, 6) is -1.75. The predicted molar refractivity (Wildman–Crippen MR) is 91.4 cm³/mol. The van der Waals surface area contributed by atoms with Gasteiger partial charge < -0.3 is 10.4 Å². The van der Waals surface area contributed by atoms with E-state index >= 15 is 0 Å². The van der Waals surface area contributed by atoms with E-state index in [4.69, 9.17) is 19.8 Å².